The molecule has 3 heterocycles. The second kappa shape index (κ2) is 6.95. The number of aromatic nitrogens is 3. The molecule has 1 aliphatic rings. The van der Waals surface area contributed by atoms with Gasteiger partial charge in [0, 0.05) is 24.8 Å². The summed E-state index contributed by atoms with van der Waals surface area (Å²) in [6.07, 6.45) is 3.25. The maximum absolute atomic E-state index is 11.2. The Morgan fingerprint density at radius 1 is 1.15 bits per heavy atom. The molecule has 0 radical (unpaired) electrons. The first kappa shape index (κ1) is 16.3. The summed E-state index contributed by atoms with van der Waals surface area (Å²) in [6.45, 7) is 1.30. The highest BCUT2D eigenvalue weighted by atomic mass is 16.5. The maximum atomic E-state index is 11.2. The summed E-state index contributed by atoms with van der Waals surface area (Å²) in [5.74, 6) is 0.623. The molecule has 0 amide bonds. The smallest absolute Gasteiger partial charge is 0.308 e. The molecule has 1 N–H and O–H groups in total. The lowest BCUT2D eigenvalue weighted by atomic mass is 9.98. The number of benzene rings is 1. The van der Waals surface area contributed by atoms with Crippen molar-refractivity contribution < 1.29 is 14.4 Å². The molecule has 1 saturated heterocycles. The van der Waals surface area contributed by atoms with Crippen molar-refractivity contribution in [3.63, 3.8) is 0 Å². The van der Waals surface area contributed by atoms with E-state index < -0.39 is 5.97 Å². The van der Waals surface area contributed by atoms with E-state index in [1.54, 1.807) is 6.20 Å². The lowest BCUT2D eigenvalue weighted by Gasteiger charge is -2.31. The predicted octanol–water partition coefficient (Wildman–Crippen LogP) is 3.10. The molecule has 0 spiro atoms. The monoisotopic (exact) mass is 350 g/mol. The summed E-state index contributed by atoms with van der Waals surface area (Å²) in [7, 11) is 0. The Morgan fingerprint density at radius 3 is 2.73 bits per heavy atom. The predicted molar refractivity (Wildman–Crippen MR) is 95.5 cm³/mol. The van der Waals surface area contributed by atoms with Gasteiger partial charge in [-0.25, -0.2) is 4.98 Å². The molecule has 132 valence electrons. The van der Waals surface area contributed by atoms with Crippen molar-refractivity contribution in [3.05, 3.63) is 48.7 Å². The van der Waals surface area contributed by atoms with Gasteiger partial charge in [-0.2, -0.15) is 4.98 Å². The minimum atomic E-state index is -0.745. The van der Waals surface area contributed by atoms with E-state index in [2.05, 4.69) is 15.1 Å². The fourth-order valence-electron chi connectivity index (χ4n) is 3.13. The number of piperidine rings is 1. The van der Waals surface area contributed by atoms with E-state index in [1.165, 1.54) is 0 Å². The molecular formula is C19H18N4O3. The van der Waals surface area contributed by atoms with Crippen molar-refractivity contribution in [3.8, 4) is 22.8 Å². The van der Waals surface area contributed by atoms with E-state index in [9.17, 15) is 9.90 Å². The third-order valence-corrected chi connectivity index (χ3v) is 4.55. The van der Waals surface area contributed by atoms with Gasteiger partial charge in [0.2, 0.25) is 5.82 Å². The third-order valence-electron chi connectivity index (χ3n) is 4.55. The van der Waals surface area contributed by atoms with Gasteiger partial charge in [0.15, 0.2) is 0 Å². The van der Waals surface area contributed by atoms with Crippen LogP contribution in [-0.4, -0.2) is 39.3 Å². The second-order valence-corrected chi connectivity index (χ2v) is 6.32. The van der Waals surface area contributed by atoms with E-state index in [-0.39, 0.29) is 5.92 Å². The van der Waals surface area contributed by atoms with Gasteiger partial charge in [-0.1, -0.05) is 35.5 Å². The Kier molecular flexibility index (Phi) is 4.35. The van der Waals surface area contributed by atoms with Crippen LogP contribution in [0.3, 0.4) is 0 Å². The average molecular weight is 350 g/mol. The first-order valence-corrected chi connectivity index (χ1v) is 8.54. The molecule has 1 fully saturated rings. The molecule has 1 atom stereocenters. The van der Waals surface area contributed by atoms with E-state index in [1.807, 2.05) is 47.4 Å². The number of carboxylic acid groups (broad SMARTS) is 1. The van der Waals surface area contributed by atoms with Gasteiger partial charge < -0.3 is 14.5 Å². The summed E-state index contributed by atoms with van der Waals surface area (Å²) in [5.41, 5.74) is 1.62. The highest BCUT2D eigenvalue weighted by Gasteiger charge is 2.26. The fraction of sp³-hybridized carbons (Fsp3) is 0.263. The zero-order valence-corrected chi connectivity index (χ0v) is 14.1. The van der Waals surface area contributed by atoms with Gasteiger partial charge in [-0.05, 0) is 25.0 Å². The maximum Gasteiger partial charge on any atom is 0.308 e. The number of rotatable bonds is 4. The fourth-order valence-corrected chi connectivity index (χ4v) is 3.13. The molecule has 7 heteroatoms. The highest BCUT2D eigenvalue weighted by molar-refractivity contribution is 5.71. The van der Waals surface area contributed by atoms with Crippen LogP contribution >= 0.6 is 0 Å². The second-order valence-electron chi connectivity index (χ2n) is 6.32. The Labute approximate surface area is 150 Å². The Hall–Kier alpha value is -3.22. The molecule has 2 aromatic heterocycles. The minimum absolute atomic E-state index is 0.338. The number of pyridine rings is 1. The number of hydrogen-bond donors (Lipinski definition) is 1. The van der Waals surface area contributed by atoms with Gasteiger partial charge in [0.1, 0.15) is 5.82 Å². The SMILES string of the molecule is O=C(O)C1CCCN(c2ccc(-c3nc(-c4ccccc4)no3)cn2)C1. The molecule has 1 aliphatic heterocycles. The molecule has 7 nitrogen and oxygen atoms in total. The van der Waals surface area contributed by atoms with E-state index in [0.717, 1.165) is 29.9 Å². The van der Waals surface area contributed by atoms with Crippen LogP contribution in [0.15, 0.2) is 53.2 Å². The van der Waals surface area contributed by atoms with Gasteiger partial charge >= 0.3 is 5.97 Å². The first-order chi connectivity index (χ1) is 12.7. The van der Waals surface area contributed by atoms with Crippen LogP contribution in [0, 0.1) is 5.92 Å². The van der Waals surface area contributed by atoms with Crippen molar-refractivity contribution in [2.75, 3.05) is 18.0 Å². The Morgan fingerprint density at radius 2 is 2.00 bits per heavy atom. The molecular weight excluding hydrogens is 332 g/mol. The van der Waals surface area contributed by atoms with Crippen LogP contribution in [-0.2, 0) is 4.79 Å². The highest BCUT2D eigenvalue weighted by Crippen LogP contribution is 2.25. The number of anilines is 1. The molecule has 4 rings (SSSR count). The molecule has 0 aliphatic carbocycles. The molecule has 0 bridgehead atoms. The van der Waals surface area contributed by atoms with E-state index >= 15 is 0 Å². The van der Waals surface area contributed by atoms with Crippen LogP contribution in [0.1, 0.15) is 12.8 Å². The van der Waals surface area contributed by atoms with Crippen molar-refractivity contribution in [1.82, 2.24) is 15.1 Å². The lowest BCUT2D eigenvalue weighted by Crippen LogP contribution is -2.39. The standard InChI is InChI=1S/C19H18N4O3/c24-19(25)15-7-4-10-23(12-15)16-9-8-14(11-20-16)18-21-17(22-26-18)13-5-2-1-3-6-13/h1-3,5-6,8-9,11,15H,4,7,10,12H2,(H,24,25). The quantitative estimate of drug-likeness (QED) is 0.773. The van der Waals surface area contributed by atoms with Crippen molar-refractivity contribution in [1.29, 1.82) is 0 Å². The normalized spacial score (nSPS) is 17.2. The number of carboxylic acids is 1. The Balaban J connectivity index is 1.51. The van der Waals surface area contributed by atoms with Crippen LogP contribution < -0.4 is 4.90 Å². The largest absolute Gasteiger partial charge is 0.481 e. The van der Waals surface area contributed by atoms with Crippen LogP contribution in [0.4, 0.5) is 5.82 Å². The van der Waals surface area contributed by atoms with Crippen molar-refractivity contribution in [2.45, 2.75) is 12.8 Å². The molecule has 1 aromatic carbocycles. The Bertz CT molecular complexity index is 893. The van der Waals surface area contributed by atoms with Gasteiger partial charge in [-0.15, -0.1) is 0 Å². The zero-order chi connectivity index (χ0) is 17.9. The van der Waals surface area contributed by atoms with Crippen LogP contribution in [0.5, 0.6) is 0 Å². The average Bonchev–Trinajstić information content (AvgIpc) is 3.19. The summed E-state index contributed by atoms with van der Waals surface area (Å²) in [6, 6.07) is 13.4. The molecule has 3 aromatic rings. The third kappa shape index (κ3) is 3.28. The van der Waals surface area contributed by atoms with E-state index in [0.29, 0.717) is 24.7 Å². The number of nitrogens with zero attached hydrogens (tertiary/aromatic N) is 4. The van der Waals surface area contributed by atoms with Gasteiger partial charge in [0.25, 0.3) is 5.89 Å². The molecule has 26 heavy (non-hydrogen) atoms. The van der Waals surface area contributed by atoms with E-state index in [4.69, 9.17) is 4.52 Å². The summed E-state index contributed by atoms with van der Waals surface area (Å²) < 4.78 is 5.35. The molecule has 1 unspecified atom stereocenters. The van der Waals surface area contributed by atoms with Crippen LogP contribution in [0.25, 0.3) is 22.8 Å². The summed E-state index contributed by atoms with van der Waals surface area (Å²) in [4.78, 5) is 22.1. The van der Waals surface area contributed by atoms with Gasteiger partial charge in [0.05, 0.1) is 11.5 Å². The topological polar surface area (TPSA) is 92.3 Å². The number of carbonyl (C=O) groups is 1. The van der Waals surface area contributed by atoms with Crippen molar-refractivity contribution in [2.24, 2.45) is 5.92 Å². The lowest BCUT2D eigenvalue weighted by molar-refractivity contribution is -0.141. The summed E-state index contributed by atoms with van der Waals surface area (Å²) >= 11 is 0. The van der Waals surface area contributed by atoms with Crippen molar-refractivity contribution >= 4 is 11.8 Å². The zero-order valence-electron chi connectivity index (χ0n) is 14.1. The summed E-state index contributed by atoms with van der Waals surface area (Å²) in [5, 5.41) is 13.2. The molecule has 0 saturated carbocycles. The van der Waals surface area contributed by atoms with Crippen LogP contribution in [0.2, 0.25) is 0 Å². The van der Waals surface area contributed by atoms with Gasteiger partial charge in [-0.3, -0.25) is 4.79 Å². The number of hydrogen-bond acceptors (Lipinski definition) is 6. The minimum Gasteiger partial charge on any atom is -0.481 e. The number of aliphatic carboxylic acids is 1. The first-order valence-electron chi connectivity index (χ1n) is 8.54.